The molecule has 4 nitrogen and oxygen atoms in total. The van der Waals surface area contributed by atoms with E-state index in [1.807, 2.05) is 30.3 Å². The Hall–Kier alpha value is -1.86. The molecule has 1 atom stereocenters. The molecule has 7 heteroatoms. The highest BCUT2D eigenvalue weighted by Gasteiger charge is 2.55. The average Bonchev–Trinajstić information content (AvgIpc) is 2.88. The Kier molecular flexibility index (Phi) is 4.40. The molecule has 1 aliphatic rings. The van der Waals surface area contributed by atoms with Gasteiger partial charge in [0.25, 0.3) is 0 Å². The van der Waals surface area contributed by atoms with E-state index in [1.54, 1.807) is 11.8 Å². The summed E-state index contributed by atoms with van der Waals surface area (Å²) in [5.74, 6) is 1.03. The first-order valence-corrected chi connectivity index (χ1v) is 7.82. The molecule has 0 aliphatic carbocycles. The fourth-order valence-electron chi connectivity index (χ4n) is 2.98. The quantitative estimate of drug-likeness (QED) is 0.928. The second-order valence-corrected chi connectivity index (χ2v) is 6.23. The van der Waals surface area contributed by atoms with Crippen molar-refractivity contribution < 1.29 is 22.7 Å². The van der Waals surface area contributed by atoms with Gasteiger partial charge in [-0.15, -0.1) is 0 Å². The number of benzene rings is 1. The summed E-state index contributed by atoms with van der Waals surface area (Å²) in [5, 5.41) is 9.90. The molecule has 1 fully saturated rings. The van der Waals surface area contributed by atoms with E-state index >= 15 is 0 Å². The number of aliphatic hydroxyl groups is 1. The second-order valence-electron chi connectivity index (χ2n) is 6.23. The van der Waals surface area contributed by atoms with Gasteiger partial charge in [-0.3, -0.25) is 4.90 Å². The highest BCUT2D eigenvalue weighted by Crippen LogP contribution is 2.37. The highest BCUT2D eigenvalue weighted by atomic mass is 19.4. The van der Waals surface area contributed by atoms with Crippen LogP contribution in [0.5, 0.6) is 0 Å². The standard InChI is InChI=1S/C17H19F3N2O2/c1-12-14(21-15(24-12)13-6-3-2-4-7-13)10-22-9-5-8-16(23,11-22)17(18,19)20/h2-4,6-7,23H,5,8-11H2,1H3/t16-/m1/s1. The van der Waals surface area contributed by atoms with Crippen LogP contribution >= 0.6 is 0 Å². The van der Waals surface area contributed by atoms with Gasteiger partial charge in [-0.05, 0) is 38.4 Å². The Labute approximate surface area is 137 Å². The first-order chi connectivity index (χ1) is 11.3. The Morgan fingerprint density at radius 1 is 1.29 bits per heavy atom. The van der Waals surface area contributed by atoms with Crippen LogP contribution in [-0.4, -0.2) is 39.9 Å². The van der Waals surface area contributed by atoms with Crippen molar-refractivity contribution in [3.05, 3.63) is 41.8 Å². The molecule has 0 spiro atoms. The third kappa shape index (κ3) is 3.32. The zero-order chi connectivity index (χ0) is 17.4. The molecule has 1 saturated heterocycles. The highest BCUT2D eigenvalue weighted by molar-refractivity contribution is 5.53. The van der Waals surface area contributed by atoms with Crippen LogP contribution in [0.3, 0.4) is 0 Å². The number of alkyl halides is 3. The zero-order valence-electron chi connectivity index (χ0n) is 13.3. The summed E-state index contributed by atoms with van der Waals surface area (Å²) < 4.78 is 44.7. The van der Waals surface area contributed by atoms with Crippen molar-refractivity contribution in [3.8, 4) is 11.5 Å². The number of aromatic nitrogens is 1. The third-order valence-electron chi connectivity index (χ3n) is 4.36. The molecule has 24 heavy (non-hydrogen) atoms. The second kappa shape index (κ2) is 6.22. The van der Waals surface area contributed by atoms with Gasteiger partial charge in [0.05, 0.1) is 5.69 Å². The van der Waals surface area contributed by atoms with Crippen molar-refractivity contribution >= 4 is 0 Å². The molecule has 1 aliphatic heterocycles. The summed E-state index contributed by atoms with van der Waals surface area (Å²) in [6.45, 7) is 2.02. The van der Waals surface area contributed by atoms with Crippen LogP contribution in [0.4, 0.5) is 13.2 Å². The van der Waals surface area contributed by atoms with Crippen LogP contribution in [-0.2, 0) is 6.54 Å². The number of nitrogens with zero attached hydrogens (tertiary/aromatic N) is 2. The van der Waals surface area contributed by atoms with Gasteiger partial charge < -0.3 is 9.52 Å². The van der Waals surface area contributed by atoms with Crippen molar-refractivity contribution in [2.24, 2.45) is 0 Å². The number of aryl methyl sites for hydroxylation is 1. The van der Waals surface area contributed by atoms with E-state index in [0.29, 0.717) is 30.3 Å². The SMILES string of the molecule is Cc1oc(-c2ccccc2)nc1CN1CCC[C@](O)(C(F)(F)F)C1. The Morgan fingerprint density at radius 3 is 2.67 bits per heavy atom. The first kappa shape index (κ1) is 17.0. The minimum absolute atomic E-state index is 0.223. The average molecular weight is 340 g/mol. The molecular formula is C17H19F3N2O2. The van der Waals surface area contributed by atoms with E-state index in [4.69, 9.17) is 4.42 Å². The van der Waals surface area contributed by atoms with E-state index < -0.39 is 18.3 Å². The number of oxazole rings is 1. The fraction of sp³-hybridized carbons (Fsp3) is 0.471. The Balaban J connectivity index is 1.76. The Morgan fingerprint density at radius 2 is 2.00 bits per heavy atom. The van der Waals surface area contributed by atoms with E-state index in [9.17, 15) is 18.3 Å². The smallest absolute Gasteiger partial charge is 0.418 e. The van der Waals surface area contributed by atoms with Crippen molar-refractivity contribution in [3.63, 3.8) is 0 Å². The van der Waals surface area contributed by atoms with E-state index in [2.05, 4.69) is 4.98 Å². The number of β-amino-alcohol motifs (C(OH)–C–C–N with tert-alkyl or cyclic N) is 1. The van der Waals surface area contributed by atoms with Gasteiger partial charge in [-0.25, -0.2) is 4.98 Å². The maximum atomic E-state index is 13.0. The molecule has 2 aromatic rings. The number of halogens is 3. The van der Waals surface area contributed by atoms with Gasteiger partial charge >= 0.3 is 6.18 Å². The number of hydrogen-bond acceptors (Lipinski definition) is 4. The number of hydrogen-bond donors (Lipinski definition) is 1. The minimum atomic E-state index is -4.63. The zero-order valence-corrected chi connectivity index (χ0v) is 13.3. The monoisotopic (exact) mass is 340 g/mol. The van der Waals surface area contributed by atoms with Crippen molar-refractivity contribution in [1.82, 2.24) is 9.88 Å². The molecule has 1 aromatic heterocycles. The minimum Gasteiger partial charge on any atom is -0.441 e. The summed E-state index contributed by atoms with van der Waals surface area (Å²) in [6.07, 6.45) is -4.60. The molecule has 0 saturated carbocycles. The molecule has 0 amide bonds. The maximum absolute atomic E-state index is 13.0. The van der Waals surface area contributed by atoms with E-state index in [0.717, 1.165) is 5.56 Å². The van der Waals surface area contributed by atoms with Gasteiger partial charge in [0.15, 0.2) is 5.60 Å². The molecule has 0 bridgehead atoms. The molecule has 1 aromatic carbocycles. The predicted molar refractivity (Wildman–Crippen MR) is 82.2 cm³/mol. The predicted octanol–water partition coefficient (Wildman–Crippen LogP) is 3.54. The molecule has 0 unspecified atom stereocenters. The third-order valence-corrected chi connectivity index (χ3v) is 4.36. The normalized spacial score (nSPS) is 22.7. The molecule has 0 radical (unpaired) electrons. The molecule has 2 heterocycles. The van der Waals surface area contributed by atoms with Gasteiger partial charge in [-0.1, -0.05) is 18.2 Å². The summed E-state index contributed by atoms with van der Waals surface area (Å²) in [6, 6.07) is 9.33. The van der Waals surface area contributed by atoms with Crippen molar-refractivity contribution in [2.75, 3.05) is 13.1 Å². The topological polar surface area (TPSA) is 49.5 Å². The van der Waals surface area contributed by atoms with Crippen molar-refractivity contribution in [2.45, 2.75) is 38.1 Å². The van der Waals surface area contributed by atoms with E-state index in [1.165, 1.54) is 0 Å². The Bertz CT molecular complexity index is 700. The summed E-state index contributed by atoms with van der Waals surface area (Å²) in [4.78, 5) is 5.99. The van der Waals surface area contributed by atoms with Crippen LogP contribution in [0, 0.1) is 6.92 Å². The molecule has 3 rings (SSSR count). The van der Waals surface area contributed by atoms with Gasteiger partial charge in [0.1, 0.15) is 5.76 Å². The lowest BCUT2D eigenvalue weighted by Crippen LogP contribution is -2.56. The van der Waals surface area contributed by atoms with Crippen molar-refractivity contribution in [1.29, 1.82) is 0 Å². The molecule has 130 valence electrons. The summed E-state index contributed by atoms with van der Waals surface area (Å²) in [5.41, 5.74) is -1.23. The van der Waals surface area contributed by atoms with E-state index in [-0.39, 0.29) is 13.0 Å². The largest absolute Gasteiger partial charge is 0.441 e. The lowest BCUT2D eigenvalue weighted by molar-refractivity contribution is -0.274. The number of piperidine rings is 1. The number of likely N-dealkylation sites (tertiary alicyclic amines) is 1. The summed E-state index contributed by atoms with van der Waals surface area (Å²) >= 11 is 0. The van der Waals surface area contributed by atoms with Crippen LogP contribution in [0.1, 0.15) is 24.3 Å². The lowest BCUT2D eigenvalue weighted by Gasteiger charge is -2.39. The first-order valence-electron chi connectivity index (χ1n) is 7.82. The molecule has 1 N–H and O–H groups in total. The summed E-state index contributed by atoms with van der Waals surface area (Å²) in [7, 11) is 0. The van der Waals surface area contributed by atoms with Gasteiger partial charge in [0.2, 0.25) is 5.89 Å². The van der Waals surface area contributed by atoms with Gasteiger partial charge in [-0.2, -0.15) is 13.2 Å². The fourth-order valence-corrected chi connectivity index (χ4v) is 2.98. The van der Waals surface area contributed by atoms with Crippen LogP contribution < -0.4 is 0 Å². The van der Waals surface area contributed by atoms with Gasteiger partial charge in [0, 0.05) is 18.7 Å². The maximum Gasteiger partial charge on any atom is 0.418 e. The lowest BCUT2D eigenvalue weighted by atomic mass is 9.92. The van der Waals surface area contributed by atoms with Crippen LogP contribution in [0.15, 0.2) is 34.7 Å². The molecular weight excluding hydrogens is 321 g/mol. The van der Waals surface area contributed by atoms with Crippen LogP contribution in [0.25, 0.3) is 11.5 Å². The van der Waals surface area contributed by atoms with Crippen LogP contribution in [0.2, 0.25) is 0 Å². The number of rotatable bonds is 3.